The first kappa shape index (κ1) is 18.1. The summed E-state index contributed by atoms with van der Waals surface area (Å²) in [5.41, 5.74) is 2.78. The second kappa shape index (κ2) is 11.7. The highest BCUT2D eigenvalue weighted by atomic mass is 15.1. The van der Waals surface area contributed by atoms with Crippen molar-refractivity contribution in [3.8, 4) is 0 Å². The Balaban J connectivity index is 1.96. The number of nitrogens with zero attached hydrogens (tertiary/aromatic N) is 1. The van der Waals surface area contributed by atoms with Gasteiger partial charge in [-0.1, -0.05) is 76.8 Å². The van der Waals surface area contributed by atoms with Crippen LogP contribution in [-0.2, 0) is 6.42 Å². The fourth-order valence-corrected chi connectivity index (χ4v) is 2.78. The monoisotopic (exact) mass is 289 g/mol. The molecule has 0 aliphatic rings. The van der Waals surface area contributed by atoms with Crippen LogP contribution in [0, 0.1) is 0 Å². The van der Waals surface area contributed by atoms with E-state index in [1.54, 1.807) is 0 Å². The zero-order valence-corrected chi connectivity index (χ0v) is 14.5. The molecule has 0 saturated heterocycles. The second-order valence-electron chi connectivity index (χ2n) is 6.49. The Morgan fingerprint density at radius 3 is 1.62 bits per heavy atom. The highest BCUT2D eigenvalue weighted by Gasteiger charge is 1.97. The van der Waals surface area contributed by atoms with E-state index >= 15 is 0 Å². The van der Waals surface area contributed by atoms with Gasteiger partial charge in [0.2, 0.25) is 0 Å². The zero-order chi connectivity index (χ0) is 15.3. The van der Waals surface area contributed by atoms with Crippen LogP contribution in [-0.4, -0.2) is 14.1 Å². The summed E-state index contributed by atoms with van der Waals surface area (Å²) in [6, 6.07) is 9.02. The van der Waals surface area contributed by atoms with E-state index in [2.05, 4.69) is 50.2 Å². The molecule has 0 saturated carbocycles. The predicted molar refractivity (Wildman–Crippen MR) is 96.3 cm³/mol. The molecule has 0 bridgehead atoms. The third-order valence-electron chi connectivity index (χ3n) is 4.27. The molecule has 0 aromatic heterocycles. The molecule has 1 rings (SSSR count). The maximum atomic E-state index is 2.29. The average Bonchev–Trinajstić information content (AvgIpc) is 2.49. The SMILES string of the molecule is CCCCCCCCCCCCc1ccc(N(C)C)cc1. The van der Waals surface area contributed by atoms with Gasteiger partial charge in [-0.3, -0.25) is 0 Å². The van der Waals surface area contributed by atoms with Crippen molar-refractivity contribution in [1.29, 1.82) is 0 Å². The minimum Gasteiger partial charge on any atom is -0.378 e. The molecule has 0 N–H and O–H groups in total. The lowest BCUT2D eigenvalue weighted by Crippen LogP contribution is -2.08. The van der Waals surface area contributed by atoms with Gasteiger partial charge in [-0.15, -0.1) is 0 Å². The molecule has 0 aliphatic carbocycles. The third-order valence-corrected chi connectivity index (χ3v) is 4.27. The number of unbranched alkanes of at least 4 members (excludes halogenated alkanes) is 9. The van der Waals surface area contributed by atoms with Gasteiger partial charge in [-0.2, -0.15) is 0 Å². The number of benzene rings is 1. The molecule has 21 heavy (non-hydrogen) atoms. The lowest BCUT2D eigenvalue weighted by atomic mass is 10.0. The number of hydrogen-bond acceptors (Lipinski definition) is 1. The molecule has 0 fully saturated rings. The summed E-state index contributed by atoms with van der Waals surface area (Å²) >= 11 is 0. The van der Waals surface area contributed by atoms with Crippen LogP contribution in [0.25, 0.3) is 0 Å². The Morgan fingerprint density at radius 1 is 0.667 bits per heavy atom. The Bertz CT molecular complexity index is 339. The molecule has 0 amide bonds. The van der Waals surface area contributed by atoms with Crippen molar-refractivity contribution in [2.75, 3.05) is 19.0 Å². The van der Waals surface area contributed by atoms with Gasteiger partial charge >= 0.3 is 0 Å². The normalized spacial score (nSPS) is 10.8. The zero-order valence-electron chi connectivity index (χ0n) is 14.5. The molecule has 1 nitrogen and oxygen atoms in total. The molecule has 0 spiro atoms. The van der Waals surface area contributed by atoms with Crippen molar-refractivity contribution in [2.45, 2.75) is 77.6 Å². The highest BCUT2D eigenvalue weighted by molar-refractivity contribution is 5.45. The number of aryl methyl sites for hydroxylation is 1. The first-order valence-electron chi connectivity index (χ1n) is 9.00. The summed E-state index contributed by atoms with van der Waals surface area (Å²) in [5.74, 6) is 0. The van der Waals surface area contributed by atoms with Gasteiger partial charge in [0.15, 0.2) is 0 Å². The van der Waals surface area contributed by atoms with Crippen LogP contribution in [0.4, 0.5) is 5.69 Å². The van der Waals surface area contributed by atoms with Crippen LogP contribution in [0.2, 0.25) is 0 Å². The summed E-state index contributed by atoms with van der Waals surface area (Å²) in [7, 11) is 4.19. The summed E-state index contributed by atoms with van der Waals surface area (Å²) in [4.78, 5) is 2.16. The molecule has 1 aromatic rings. The summed E-state index contributed by atoms with van der Waals surface area (Å²) in [6.07, 6.45) is 15.4. The molecule has 1 heteroatoms. The molecule has 0 radical (unpaired) electrons. The van der Waals surface area contributed by atoms with E-state index < -0.39 is 0 Å². The van der Waals surface area contributed by atoms with Crippen molar-refractivity contribution in [2.24, 2.45) is 0 Å². The Kier molecular flexibility index (Phi) is 10.0. The fourth-order valence-electron chi connectivity index (χ4n) is 2.78. The molecule has 0 unspecified atom stereocenters. The van der Waals surface area contributed by atoms with Gasteiger partial charge in [-0.25, -0.2) is 0 Å². The van der Waals surface area contributed by atoms with Crippen molar-refractivity contribution >= 4 is 5.69 Å². The quantitative estimate of drug-likeness (QED) is 0.413. The van der Waals surface area contributed by atoms with Gasteiger partial charge in [-0.05, 0) is 30.5 Å². The summed E-state index contributed by atoms with van der Waals surface area (Å²) in [5, 5.41) is 0. The van der Waals surface area contributed by atoms with Crippen LogP contribution in [0.15, 0.2) is 24.3 Å². The number of rotatable bonds is 12. The second-order valence-corrected chi connectivity index (χ2v) is 6.49. The van der Waals surface area contributed by atoms with E-state index in [-0.39, 0.29) is 0 Å². The smallest absolute Gasteiger partial charge is 0.0361 e. The van der Waals surface area contributed by atoms with Gasteiger partial charge in [0.25, 0.3) is 0 Å². The summed E-state index contributed by atoms with van der Waals surface area (Å²) < 4.78 is 0. The van der Waals surface area contributed by atoms with Crippen molar-refractivity contribution in [1.82, 2.24) is 0 Å². The predicted octanol–water partition coefficient (Wildman–Crippen LogP) is 6.22. The summed E-state index contributed by atoms with van der Waals surface area (Å²) in [6.45, 7) is 2.29. The van der Waals surface area contributed by atoms with E-state index in [4.69, 9.17) is 0 Å². The maximum Gasteiger partial charge on any atom is 0.0361 e. The van der Waals surface area contributed by atoms with Crippen LogP contribution in [0.1, 0.15) is 76.7 Å². The largest absolute Gasteiger partial charge is 0.378 e. The van der Waals surface area contributed by atoms with Crippen molar-refractivity contribution < 1.29 is 0 Å². The van der Waals surface area contributed by atoms with Crippen molar-refractivity contribution in [3.05, 3.63) is 29.8 Å². The Morgan fingerprint density at radius 2 is 1.14 bits per heavy atom. The van der Waals surface area contributed by atoms with Gasteiger partial charge in [0.05, 0.1) is 0 Å². The van der Waals surface area contributed by atoms with E-state index in [9.17, 15) is 0 Å². The van der Waals surface area contributed by atoms with Gasteiger partial charge < -0.3 is 4.90 Å². The van der Waals surface area contributed by atoms with Crippen LogP contribution in [0.5, 0.6) is 0 Å². The topological polar surface area (TPSA) is 3.24 Å². The molecule has 120 valence electrons. The van der Waals surface area contributed by atoms with Gasteiger partial charge in [0, 0.05) is 19.8 Å². The molecule has 0 aliphatic heterocycles. The molecule has 0 atom stereocenters. The number of anilines is 1. The molecule has 0 heterocycles. The Labute approximate surface area is 132 Å². The first-order chi connectivity index (χ1) is 10.2. The number of hydrogen-bond donors (Lipinski definition) is 0. The van der Waals surface area contributed by atoms with Crippen LogP contribution >= 0.6 is 0 Å². The molecule has 1 aromatic carbocycles. The minimum atomic E-state index is 1.24. The first-order valence-corrected chi connectivity index (χ1v) is 9.00. The third kappa shape index (κ3) is 8.80. The average molecular weight is 290 g/mol. The van der Waals surface area contributed by atoms with Crippen molar-refractivity contribution in [3.63, 3.8) is 0 Å². The fraction of sp³-hybridized carbons (Fsp3) is 0.700. The maximum absolute atomic E-state index is 2.29. The van der Waals surface area contributed by atoms with E-state index in [0.717, 1.165) is 0 Å². The van der Waals surface area contributed by atoms with E-state index in [0.29, 0.717) is 0 Å². The molecular formula is C20H35N. The minimum absolute atomic E-state index is 1.24. The van der Waals surface area contributed by atoms with E-state index in [1.807, 2.05) is 0 Å². The van der Waals surface area contributed by atoms with E-state index in [1.165, 1.54) is 81.9 Å². The lowest BCUT2D eigenvalue weighted by molar-refractivity contribution is 0.556. The van der Waals surface area contributed by atoms with Gasteiger partial charge in [0.1, 0.15) is 0 Å². The van der Waals surface area contributed by atoms with Crippen LogP contribution < -0.4 is 4.90 Å². The standard InChI is InChI=1S/C20H35N/c1-4-5-6-7-8-9-10-11-12-13-14-19-15-17-20(18-16-19)21(2)3/h15-18H,4-14H2,1-3H3. The Hall–Kier alpha value is -0.980. The highest BCUT2D eigenvalue weighted by Crippen LogP contribution is 2.15. The lowest BCUT2D eigenvalue weighted by Gasteiger charge is -2.12. The van der Waals surface area contributed by atoms with Crippen LogP contribution in [0.3, 0.4) is 0 Å². The molecular weight excluding hydrogens is 254 g/mol.